The number of Topliss-reactive ketones (excluding diaryl/α,β-unsaturated/α-hetero) is 1. The Kier molecular flexibility index (Phi) is 14.2. The van der Waals surface area contributed by atoms with Gasteiger partial charge >= 0.3 is 0 Å². The highest BCUT2D eigenvalue weighted by Gasteiger charge is 2.19. The number of hydrogen-bond donors (Lipinski definition) is 4. The molecular formula is C43H51N3O6. The predicted molar refractivity (Wildman–Crippen MR) is 207 cm³/mol. The molecule has 274 valence electrons. The van der Waals surface area contributed by atoms with E-state index >= 15 is 0 Å². The van der Waals surface area contributed by atoms with E-state index < -0.39 is 5.92 Å². The van der Waals surface area contributed by atoms with Crippen molar-refractivity contribution in [2.45, 2.75) is 89.3 Å². The summed E-state index contributed by atoms with van der Waals surface area (Å²) in [6.45, 7) is 0.213. The SMILES string of the molecule is CN=C(N)Nc1cccc(CCCCCCC[C@@H]2CC(=O)CCc3ccc(OC)c(c3)OCc3ccc4c(c(O)ccc4c3)[C@H](CCO)C#CO2)c1. The van der Waals surface area contributed by atoms with Crippen molar-refractivity contribution >= 4 is 28.2 Å². The van der Waals surface area contributed by atoms with E-state index in [1.165, 1.54) is 5.56 Å². The van der Waals surface area contributed by atoms with Gasteiger partial charge in [0.1, 0.15) is 30.4 Å². The van der Waals surface area contributed by atoms with E-state index in [1.54, 1.807) is 20.2 Å². The second kappa shape index (κ2) is 19.4. The lowest BCUT2D eigenvalue weighted by atomic mass is 9.90. The molecule has 6 bridgehead atoms. The molecule has 0 spiro atoms. The first-order valence-corrected chi connectivity index (χ1v) is 18.3. The van der Waals surface area contributed by atoms with Gasteiger partial charge in [0.15, 0.2) is 17.5 Å². The molecule has 0 unspecified atom stereocenters. The number of carbonyl (C=O) groups is 1. The van der Waals surface area contributed by atoms with E-state index in [4.69, 9.17) is 19.9 Å². The van der Waals surface area contributed by atoms with Crippen molar-refractivity contribution in [1.29, 1.82) is 0 Å². The topological polar surface area (TPSA) is 136 Å². The number of aliphatic hydroxyl groups excluding tert-OH is 1. The van der Waals surface area contributed by atoms with Gasteiger partial charge in [-0.1, -0.05) is 61.6 Å². The summed E-state index contributed by atoms with van der Waals surface area (Å²) in [5, 5.41) is 25.8. The fourth-order valence-electron chi connectivity index (χ4n) is 6.69. The number of rotatable bonds is 12. The number of nitrogens with zero attached hydrogens (tertiary/aromatic N) is 1. The summed E-state index contributed by atoms with van der Waals surface area (Å²) in [6.07, 6.45) is 11.0. The third-order valence-corrected chi connectivity index (χ3v) is 9.53. The molecule has 9 heteroatoms. The molecule has 0 amide bonds. The van der Waals surface area contributed by atoms with Crippen LogP contribution >= 0.6 is 0 Å². The molecule has 0 saturated carbocycles. The van der Waals surface area contributed by atoms with Gasteiger partial charge in [0, 0.05) is 37.7 Å². The average molecular weight is 706 g/mol. The minimum Gasteiger partial charge on any atom is -0.508 e. The largest absolute Gasteiger partial charge is 0.508 e. The molecule has 2 aliphatic heterocycles. The zero-order valence-electron chi connectivity index (χ0n) is 30.3. The minimum absolute atomic E-state index is 0.103. The van der Waals surface area contributed by atoms with E-state index in [2.05, 4.69) is 34.5 Å². The molecule has 0 fully saturated rings. The zero-order chi connectivity index (χ0) is 36.7. The average Bonchev–Trinajstić information content (AvgIpc) is 3.15. The number of anilines is 1. The Morgan fingerprint density at radius 3 is 2.63 bits per heavy atom. The Morgan fingerprint density at radius 2 is 1.81 bits per heavy atom. The molecule has 0 aliphatic carbocycles. The van der Waals surface area contributed by atoms with Crippen molar-refractivity contribution in [2.75, 3.05) is 26.1 Å². The standard InChI is InChI=1S/C43H51N3O6/c1-45-43(44)46-35-11-8-10-30(26-35)9-6-4-3-5-7-12-37-28-36(48)17-13-31-15-20-40(50-2)41(27-31)52-29-32-14-18-38-34(25-32)16-19-39(49)42(38)33(21-23-47)22-24-51-37/h8,10-11,14-16,18-20,25-27,33,37,47,49H,3-7,9,12-13,17,21,23,28-29H2,1-2H3,(H3,44,45,46)/t33-,37-/m1/s1. The number of aryl methyl sites for hydroxylation is 2. The molecular weight excluding hydrogens is 654 g/mol. The number of ether oxygens (including phenoxy) is 3. The van der Waals surface area contributed by atoms with Crippen LogP contribution in [0.3, 0.4) is 0 Å². The van der Waals surface area contributed by atoms with Gasteiger partial charge in [-0.15, -0.1) is 0 Å². The second-order valence-electron chi connectivity index (χ2n) is 13.4. The number of aromatic hydroxyl groups is 1. The lowest BCUT2D eigenvalue weighted by Crippen LogP contribution is -2.21. The van der Waals surface area contributed by atoms with Crippen LogP contribution in [0, 0.1) is 12.0 Å². The summed E-state index contributed by atoms with van der Waals surface area (Å²) in [7, 11) is 3.27. The number of aliphatic hydroxyl groups is 1. The van der Waals surface area contributed by atoms with Gasteiger partial charge in [-0.2, -0.15) is 0 Å². The summed E-state index contributed by atoms with van der Waals surface area (Å²) >= 11 is 0. The van der Waals surface area contributed by atoms with E-state index in [-0.39, 0.29) is 30.7 Å². The van der Waals surface area contributed by atoms with Crippen molar-refractivity contribution in [1.82, 2.24) is 0 Å². The van der Waals surface area contributed by atoms with E-state index in [0.717, 1.165) is 66.1 Å². The monoisotopic (exact) mass is 705 g/mol. The van der Waals surface area contributed by atoms with Crippen molar-refractivity contribution in [3.8, 4) is 29.3 Å². The third-order valence-electron chi connectivity index (χ3n) is 9.53. The normalized spacial score (nSPS) is 16.6. The first-order chi connectivity index (χ1) is 25.4. The molecule has 5 N–H and O–H groups in total. The number of aliphatic imine (C=N–C) groups is 1. The smallest absolute Gasteiger partial charge is 0.192 e. The van der Waals surface area contributed by atoms with E-state index in [1.807, 2.05) is 54.6 Å². The summed E-state index contributed by atoms with van der Waals surface area (Å²) < 4.78 is 17.9. The Bertz CT molecular complexity index is 1900. The lowest BCUT2D eigenvalue weighted by Gasteiger charge is -2.17. The van der Waals surface area contributed by atoms with Crippen LogP contribution in [0.15, 0.2) is 77.8 Å². The molecule has 9 nitrogen and oxygen atoms in total. The van der Waals surface area contributed by atoms with Crippen molar-refractivity contribution in [3.63, 3.8) is 0 Å². The minimum atomic E-state index is -0.464. The Hall–Kier alpha value is -5.20. The van der Waals surface area contributed by atoms with Crippen molar-refractivity contribution < 1.29 is 29.2 Å². The molecule has 2 heterocycles. The highest BCUT2D eigenvalue weighted by molar-refractivity contribution is 5.92. The van der Waals surface area contributed by atoms with Gasteiger partial charge in [-0.05, 0) is 102 Å². The van der Waals surface area contributed by atoms with Crippen LogP contribution in [0.5, 0.6) is 17.2 Å². The number of fused-ring (bicyclic) bond motifs is 9. The predicted octanol–water partition coefficient (Wildman–Crippen LogP) is 7.79. The number of methoxy groups -OCH3 is 1. The molecule has 4 aromatic rings. The maximum atomic E-state index is 13.3. The van der Waals surface area contributed by atoms with E-state index in [9.17, 15) is 15.0 Å². The maximum absolute atomic E-state index is 13.3. The Morgan fingerprint density at radius 1 is 0.981 bits per heavy atom. The lowest BCUT2D eigenvalue weighted by molar-refractivity contribution is -0.121. The molecule has 0 saturated heterocycles. The number of guanidine groups is 1. The van der Waals surface area contributed by atoms with Crippen molar-refractivity contribution in [2.24, 2.45) is 10.7 Å². The summed E-state index contributed by atoms with van der Waals surface area (Å²) in [6, 6.07) is 23.5. The van der Waals surface area contributed by atoms with Crippen LogP contribution in [0.25, 0.3) is 10.8 Å². The quantitative estimate of drug-likeness (QED) is 0.0508. The summed E-state index contributed by atoms with van der Waals surface area (Å²) in [5.41, 5.74) is 10.6. The van der Waals surface area contributed by atoms with Gasteiger partial charge in [0.2, 0.25) is 0 Å². The van der Waals surface area contributed by atoms with Crippen LogP contribution in [0.2, 0.25) is 0 Å². The number of benzene rings is 4. The maximum Gasteiger partial charge on any atom is 0.192 e. The third kappa shape index (κ3) is 10.9. The fraction of sp³-hybridized carbons (Fsp3) is 0.395. The Balaban J connectivity index is 1.27. The number of nitrogens with two attached hydrogens (primary N) is 1. The Labute approximate surface area is 307 Å². The fourth-order valence-corrected chi connectivity index (χ4v) is 6.69. The number of nitrogens with one attached hydrogen (secondary N) is 1. The highest BCUT2D eigenvalue weighted by Crippen LogP contribution is 2.36. The molecule has 52 heavy (non-hydrogen) atoms. The zero-order valence-corrected chi connectivity index (χ0v) is 30.3. The number of carbonyl (C=O) groups excluding carboxylic acids is 1. The first kappa shape index (κ1) is 38.0. The number of unbranched alkanes of at least 4 members (excludes halogenated alkanes) is 4. The van der Waals surface area contributed by atoms with Crippen molar-refractivity contribution in [3.05, 3.63) is 95.1 Å². The molecule has 0 aromatic heterocycles. The molecule has 0 radical (unpaired) electrons. The van der Waals surface area contributed by atoms with E-state index in [0.29, 0.717) is 55.3 Å². The van der Waals surface area contributed by atoms with Gasteiger partial charge < -0.3 is 35.5 Å². The summed E-state index contributed by atoms with van der Waals surface area (Å²) in [4.78, 5) is 17.3. The number of hydrogen-bond acceptors (Lipinski definition) is 7. The second-order valence-corrected chi connectivity index (χ2v) is 13.4. The number of phenols is 1. The van der Waals surface area contributed by atoms with Gasteiger partial charge in [0.05, 0.1) is 13.0 Å². The molecule has 6 rings (SSSR count). The number of ketones is 1. The van der Waals surface area contributed by atoms with Crippen LogP contribution < -0.4 is 20.5 Å². The van der Waals surface area contributed by atoms with Crippen LogP contribution in [0.1, 0.15) is 86.0 Å². The van der Waals surface area contributed by atoms with Crippen LogP contribution in [-0.4, -0.2) is 48.8 Å². The molecule has 2 atom stereocenters. The van der Waals surface area contributed by atoms with Gasteiger partial charge in [-0.25, -0.2) is 0 Å². The number of phenolic OH excluding ortho intramolecular Hbond substituents is 1. The van der Waals surface area contributed by atoms with Gasteiger partial charge in [-0.3, -0.25) is 9.79 Å². The first-order valence-electron chi connectivity index (χ1n) is 18.3. The molecule has 4 aromatic carbocycles. The van der Waals surface area contributed by atoms with Crippen LogP contribution in [0.4, 0.5) is 5.69 Å². The van der Waals surface area contributed by atoms with Crippen LogP contribution in [-0.2, 0) is 29.0 Å². The molecule has 2 aliphatic rings. The van der Waals surface area contributed by atoms with Gasteiger partial charge in [0.25, 0.3) is 0 Å². The summed E-state index contributed by atoms with van der Waals surface area (Å²) in [5.74, 6) is 4.57. The highest BCUT2D eigenvalue weighted by atomic mass is 16.5.